The summed E-state index contributed by atoms with van der Waals surface area (Å²) >= 11 is 0. The number of Topliss-reactive ketones (excluding diaryl/α,β-unsaturated/α-hetero) is 1. The Balaban J connectivity index is 2.37. The van der Waals surface area contributed by atoms with E-state index in [4.69, 9.17) is 4.74 Å². The van der Waals surface area contributed by atoms with Crippen LogP contribution in [0.25, 0.3) is 0 Å². The molecule has 0 bridgehead atoms. The first-order chi connectivity index (χ1) is 10.3. The molecule has 0 N–H and O–H groups in total. The third-order valence-corrected chi connectivity index (χ3v) is 3.02. The van der Waals surface area contributed by atoms with Crippen LogP contribution in [0.1, 0.15) is 33.3 Å². The number of nitrogens with zero attached hydrogens (tertiary/aromatic N) is 2. The van der Waals surface area contributed by atoms with Crippen LogP contribution in [-0.2, 0) is 9.53 Å². The van der Waals surface area contributed by atoms with Gasteiger partial charge in [-0.2, -0.15) is 0 Å². The average molecular weight is 300 g/mol. The molecular weight excluding hydrogens is 280 g/mol. The maximum absolute atomic E-state index is 12.4. The molecule has 2 rings (SSSR count). The van der Waals surface area contributed by atoms with Gasteiger partial charge in [-0.25, -0.2) is 9.79 Å². The van der Waals surface area contributed by atoms with Crippen LogP contribution in [0.5, 0.6) is 0 Å². The van der Waals surface area contributed by atoms with Gasteiger partial charge in [0.1, 0.15) is 11.4 Å². The predicted octanol–water partition coefficient (Wildman–Crippen LogP) is 3.16. The fourth-order valence-electron chi connectivity index (χ4n) is 1.98. The minimum atomic E-state index is -0.615. The van der Waals surface area contributed by atoms with Crippen LogP contribution in [0, 0.1) is 0 Å². The van der Waals surface area contributed by atoms with Crippen molar-refractivity contribution in [2.45, 2.75) is 33.3 Å². The van der Waals surface area contributed by atoms with E-state index in [9.17, 15) is 9.59 Å². The zero-order valence-electron chi connectivity index (χ0n) is 13.3. The predicted molar refractivity (Wildman–Crippen MR) is 84.7 cm³/mol. The summed E-state index contributed by atoms with van der Waals surface area (Å²) in [4.78, 5) is 29.7. The minimum Gasteiger partial charge on any atom is -0.443 e. The van der Waals surface area contributed by atoms with E-state index in [0.29, 0.717) is 11.4 Å². The lowest BCUT2D eigenvalue weighted by atomic mass is 10.1. The van der Waals surface area contributed by atoms with Gasteiger partial charge in [-0.3, -0.25) is 9.69 Å². The number of amidine groups is 1. The summed E-state index contributed by atoms with van der Waals surface area (Å²) in [6.45, 7) is 7.03. The first kappa shape index (κ1) is 15.9. The lowest BCUT2D eigenvalue weighted by Gasteiger charge is -2.30. The van der Waals surface area contributed by atoms with Crippen molar-refractivity contribution in [3.63, 3.8) is 0 Å². The number of hydrogen-bond donors (Lipinski definition) is 0. The van der Waals surface area contributed by atoms with Crippen molar-refractivity contribution >= 4 is 17.7 Å². The fraction of sp³-hybridized carbons (Fsp3) is 0.353. The zero-order chi connectivity index (χ0) is 16.3. The first-order valence-electron chi connectivity index (χ1n) is 7.11. The van der Waals surface area contributed by atoms with Gasteiger partial charge in [0.2, 0.25) is 0 Å². The Kier molecular flexibility index (Phi) is 4.45. The second kappa shape index (κ2) is 6.13. The summed E-state index contributed by atoms with van der Waals surface area (Å²) in [5.41, 5.74) is 0.661. The molecule has 0 atom stereocenters. The standard InChI is InChI=1S/C17H20N2O3/c1-12(20)14-10-18-15(13-8-6-5-7-9-13)19(11-14)16(21)22-17(2,3)4/h5-10H,11H2,1-4H3. The molecule has 0 radical (unpaired) electrons. The molecule has 116 valence electrons. The number of aliphatic imine (C=N–C) groups is 1. The Morgan fingerprint density at radius 3 is 2.36 bits per heavy atom. The molecule has 5 heteroatoms. The number of amides is 1. The molecule has 1 aliphatic rings. The Hall–Kier alpha value is -2.43. The summed E-state index contributed by atoms with van der Waals surface area (Å²) in [5, 5.41) is 0. The fourth-order valence-corrected chi connectivity index (χ4v) is 1.98. The van der Waals surface area contributed by atoms with Crippen molar-refractivity contribution in [3.05, 3.63) is 47.7 Å². The molecule has 1 amide bonds. The molecular formula is C17H20N2O3. The third-order valence-electron chi connectivity index (χ3n) is 3.02. The van der Waals surface area contributed by atoms with E-state index in [2.05, 4.69) is 4.99 Å². The van der Waals surface area contributed by atoms with E-state index >= 15 is 0 Å². The Labute approximate surface area is 130 Å². The smallest absolute Gasteiger partial charge is 0.416 e. The minimum absolute atomic E-state index is 0.107. The van der Waals surface area contributed by atoms with Crippen LogP contribution in [-0.4, -0.2) is 34.8 Å². The van der Waals surface area contributed by atoms with Crippen molar-refractivity contribution < 1.29 is 14.3 Å². The number of rotatable bonds is 2. The largest absolute Gasteiger partial charge is 0.443 e. The van der Waals surface area contributed by atoms with E-state index < -0.39 is 11.7 Å². The van der Waals surface area contributed by atoms with E-state index in [1.165, 1.54) is 18.0 Å². The van der Waals surface area contributed by atoms with Crippen molar-refractivity contribution in [1.29, 1.82) is 0 Å². The van der Waals surface area contributed by atoms with E-state index in [1.54, 1.807) is 20.8 Å². The summed E-state index contributed by atoms with van der Waals surface area (Å²) in [7, 11) is 0. The van der Waals surface area contributed by atoms with Gasteiger partial charge in [0.15, 0.2) is 5.78 Å². The summed E-state index contributed by atoms with van der Waals surface area (Å²) in [6, 6.07) is 9.36. The molecule has 1 aromatic carbocycles. The number of hydrogen-bond acceptors (Lipinski definition) is 4. The van der Waals surface area contributed by atoms with Crippen LogP contribution in [0.2, 0.25) is 0 Å². The molecule has 0 saturated heterocycles. The molecule has 0 saturated carbocycles. The van der Waals surface area contributed by atoms with Gasteiger partial charge in [-0.1, -0.05) is 30.3 Å². The quantitative estimate of drug-likeness (QED) is 0.843. The van der Waals surface area contributed by atoms with E-state index in [-0.39, 0.29) is 12.3 Å². The highest BCUT2D eigenvalue weighted by Gasteiger charge is 2.30. The van der Waals surface area contributed by atoms with Crippen molar-refractivity contribution in [2.24, 2.45) is 4.99 Å². The molecule has 1 aliphatic heterocycles. The lowest BCUT2D eigenvalue weighted by Crippen LogP contribution is -2.44. The van der Waals surface area contributed by atoms with Crippen LogP contribution >= 0.6 is 0 Å². The molecule has 1 aromatic rings. The SMILES string of the molecule is CC(=O)C1=CN=C(c2ccccc2)N(C(=O)OC(C)(C)C)C1. The number of ketones is 1. The van der Waals surface area contributed by atoms with Crippen LogP contribution in [0.4, 0.5) is 4.79 Å². The normalized spacial score (nSPS) is 15.0. The molecule has 0 spiro atoms. The van der Waals surface area contributed by atoms with Crippen LogP contribution < -0.4 is 0 Å². The highest BCUT2D eigenvalue weighted by Crippen LogP contribution is 2.18. The van der Waals surface area contributed by atoms with Gasteiger partial charge in [0.25, 0.3) is 0 Å². The van der Waals surface area contributed by atoms with E-state index in [0.717, 1.165) is 5.56 Å². The van der Waals surface area contributed by atoms with Gasteiger partial charge in [-0.05, 0) is 27.7 Å². The molecule has 0 unspecified atom stereocenters. The van der Waals surface area contributed by atoms with Gasteiger partial charge in [0, 0.05) is 17.3 Å². The van der Waals surface area contributed by atoms with Crippen LogP contribution in [0.15, 0.2) is 47.1 Å². The highest BCUT2D eigenvalue weighted by atomic mass is 16.6. The zero-order valence-corrected chi connectivity index (χ0v) is 13.3. The topological polar surface area (TPSA) is 59.0 Å². The average Bonchev–Trinajstić information content (AvgIpc) is 2.45. The summed E-state index contributed by atoms with van der Waals surface area (Å²) < 4.78 is 5.42. The first-order valence-corrected chi connectivity index (χ1v) is 7.11. The van der Waals surface area contributed by atoms with Gasteiger partial charge >= 0.3 is 6.09 Å². The van der Waals surface area contributed by atoms with Crippen molar-refractivity contribution in [3.8, 4) is 0 Å². The summed E-state index contributed by atoms with van der Waals surface area (Å²) in [6.07, 6.45) is 1.01. The van der Waals surface area contributed by atoms with Gasteiger partial charge < -0.3 is 4.74 Å². The second-order valence-corrected chi connectivity index (χ2v) is 6.10. The lowest BCUT2D eigenvalue weighted by molar-refractivity contribution is -0.113. The van der Waals surface area contributed by atoms with Crippen molar-refractivity contribution in [2.75, 3.05) is 6.54 Å². The molecule has 22 heavy (non-hydrogen) atoms. The number of ether oxygens (including phenoxy) is 1. The molecule has 5 nitrogen and oxygen atoms in total. The maximum Gasteiger partial charge on any atom is 0.416 e. The van der Waals surface area contributed by atoms with Gasteiger partial charge in [0.05, 0.1) is 6.54 Å². The Morgan fingerprint density at radius 2 is 1.82 bits per heavy atom. The molecule has 0 aromatic heterocycles. The molecule has 1 heterocycles. The maximum atomic E-state index is 12.4. The highest BCUT2D eigenvalue weighted by molar-refractivity contribution is 6.09. The summed E-state index contributed by atoms with van der Waals surface area (Å²) in [5.74, 6) is 0.379. The monoisotopic (exact) mass is 300 g/mol. The number of carbonyl (C=O) groups is 2. The van der Waals surface area contributed by atoms with Crippen LogP contribution in [0.3, 0.4) is 0 Å². The third kappa shape index (κ3) is 3.81. The van der Waals surface area contributed by atoms with Gasteiger partial charge in [-0.15, -0.1) is 0 Å². The van der Waals surface area contributed by atoms with E-state index in [1.807, 2.05) is 30.3 Å². The number of benzene rings is 1. The Bertz CT molecular complexity index is 640. The van der Waals surface area contributed by atoms with Crippen molar-refractivity contribution in [1.82, 2.24) is 4.90 Å². The molecule has 0 aliphatic carbocycles. The Morgan fingerprint density at radius 1 is 1.18 bits per heavy atom. The number of carbonyl (C=O) groups excluding carboxylic acids is 2. The second-order valence-electron chi connectivity index (χ2n) is 6.10. The molecule has 0 fully saturated rings.